The fraction of sp³-hybridized carbons (Fsp3) is 0.528. The molecule has 0 radical (unpaired) electrons. The molecule has 1 aromatic heterocycles. The molecule has 0 aliphatic carbocycles. The standard InChI is InChI=1S/C36H51N5O9/c1-4-40(5-2)30-8-6-28-24-31(36(42)50-34(28)26-30)32(39-37)27-38-29-7-9-33(35(25-29)49-23-14-43-3)41-10-12-44-15-17-46-19-21-48-22-20-47-18-16-45-13-11-41/h6-9,24-27,37-38H,4-5,10-23H2,1-3H3/b32-27-,39-37?. The molecule has 1 aliphatic heterocycles. The largest absolute Gasteiger partial charge is 0.489 e. The molecule has 2 heterocycles. The zero-order valence-corrected chi connectivity index (χ0v) is 29.4. The molecule has 2 aromatic carbocycles. The molecule has 14 nitrogen and oxygen atoms in total. The highest BCUT2D eigenvalue weighted by atomic mass is 16.6. The van der Waals surface area contributed by atoms with E-state index in [0.717, 1.165) is 29.9 Å². The van der Waals surface area contributed by atoms with Crippen molar-refractivity contribution in [2.24, 2.45) is 5.11 Å². The number of hydrogen-bond donors (Lipinski definition) is 2. The highest BCUT2D eigenvalue weighted by Gasteiger charge is 2.16. The van der Waals surface area contributed by atoms with E-state index in [9.17, 15) is 4.79 Å². The van der Waals surface area contributed by atoms with Gasteiger partial charge in [-0.05, 0) is 44.2 Å². The average Bonchev–Trinajstić information content (AvgIpc) is 3.13. The maximum atomic E-state index is 13.1. The molecule has 274 valence electrons. The number of hydrogen-bond acceptors (Lipinski definition) is 14. The summed E-state index contributed by atoms with van der Waals surface area (Å²) in [6, 6.07) is 13.2. The minimum Gasteiger partial charge on any atom is -0.489 e. The van der Waals surface area contributed by atoms with E-state index in [4.69, 9.17) is 43.1 Å². The van der Waals surface area contributed by atoms with Gasteiger partial charge in [-0.1, -0.05) is 0 Å². The highest BCUT2D eigenvalue weighted by Crippen LogP contribution is 2.32. The lowest BCUT2D eigenvalue weighted by Gasteiger charge is -2.27. The molecule has 1 aliphatic rings. The lowest BCUT2D eigenvalue weighted by Crippen LogP contribution is -2.32. The molecule has 0 saturated carbocycles. The van der Waals surface area contributed by atoms with E-state index in [2.05, 4.69) is 34.1 Å². The van der Waals surface area contributed by atoms with Crippen LogP contribution < -0.4 is 25.5 Å². The minimum absolute atomic E-state index is 0.127. The molecular weight excluding hydrogens is 646 g/mol. The summed E-state index contributed by atoms with van der Waals surface area (Å²) >= 11 is 0. The normalized spacial score (nSPS) is 16.4. The molecule has 0 unspecified atom stereocenters. The average molecular weight is 698 g/mol. The second kappa shape index (κ2) is 21.9. The van der Waals surface area contributed by atoms with Crippen LogP contribution in [0, 0.1) is 5.53 Å². The van der Waals surface area contributed by atoms with E-state index in [1.165, 1.54) is 6.20 Å². The van der Waals surface area contributed by atoms with Gasteiger partial charge in [-0.15, -0.1) is 0 Å². The third kappa shape index (κ3) is 12.1. The van der Waals surface area contributed by atoms with Crippen molar-refractivity contribution in [1.29, 1.82) is 5.53 Å². The van der Waals surface area contributed by atoms with Gasteiger partial charge in [-0.3, -0.25) is 0 Å². The fourth-order valence-electron chi connectivity index (χ4n) is 5.29. The Morgan fingerprint density at radius 2 is 1.48 bits per heavy atom. The first-order valence-electron chi connectivity index (χ1n) is 17.1. The molecule has 0 spiro atoms. The van der Waals surface area contributed by atoms with Gasteiger partial charge in [-0.25, -0.2) is 10.3 Å². The Morgan fingerprint density at radius 1 is 0.860 bits per heavy atom. The summed E-state index contributed by atoms with van der Waals surface area (Å²) < 4.78 is 45.5. The fourth-order valence-corrected chi connectivity index (χ4v) is 5.29. The number of rotatable bonds is 12. The third-order valence-corrected chi connectivity index (χ3v) is 7.96. The lowest BCUT2D eigenvalue weighted by atomic mass is 10.1. The molecule has 14 heteroatoms. The van der Waals surface area contributed by atoms with Crippen LogP contribution in [0.5, 0.6) is 5.75 Å². The van der Waals surface area contributed by atoms with E-state index in [1.807, 2.05) is 36.4 Å². The molecule has 2 N–H and O–H groups in total. The first-order chi connectivity index (χ1) is 24.6. The number of benzene rings is 2. The van der Waals surface area contributed by atoms with Gasteiger partial charge in [0.25, 0.3) is 0 Å². The minimum atomic E-state index is -0.576. The Balaban J connectivity index is 1.53. The Bertz CT molecular complexity index is 1530. The number of anilines is 3. The molecule has 0 atom stereocenters. The van der Waals surface area contributed by atoms with Crippen LogP contribution in [-0.4, -0.2) is 113 Å². The van der Waals surface area contributed by atoms with Gasteiger partial charge in [-0.2, -0.15) is 5.11 Å². The zero-order valence-electron chi connectivity index (χ0n) is 29.4. The van der Waals surface area contributed by atoms with Crippen LogP contribution in [-0.2, 0) is 28.4 Å². The van der Waals surface area contributed by atoms with Crippen LogP contribution in [0.2, 0.25) is 0 Å². The molecule has 1 saturated heterocycles. The van der Waals surface area contributed by atoms with Crippen molar-refractivity contribution in [2.75, 3.05) is 128 Å². The monoisotopic (exact) mass is 697 g/mol. The number of nitrogens with zero attached hydrogens (tertiary/aromatic N) is 3. The maximum absolute atomic E-state index is 13.1. The second-order valence-electron chi connectivity index (χ2n) is 11.2. The van der Waals surface area contributed by atoms with Crippen LogP contribution >= 0.6 is 0 Å². The van der Waals surface area contributed by atoms with Crippen molar-refractivity contribution in [3.05, 3.63) is 64.6 Å². The molecule has 0 amide bonds. The van der Waals surface area contributed by atoms with E-state index in [0.29, 0.717) is 109 Å². The number of fused-ring (bicyclic) bond motifs is 1. The quantitative estimate of drug-likeness (QED) is 0.149. The summed E-state index contributed by atoms with van der Waals surface area (Å²) in [5, 5.41) is 7.56. The predicted molar refractivity (Wildman–Crippen MR) is 193 cm³/mol. The highest BCUT2D eigenvalue weighted by molar-refractivity contribution is 5.84. The summed E-state index contributed by atoms with van der Waals surface area (Å²) in [7, 11) is 1.62. The Hall–Kier alpha value is -4.05. The SMILES string of the molecule is CCN(CC)c1ccc2cc(/C(=C/Nc3ccc(N4CCOCCOCCOCCOCCOCC4)c(OCCOC)c3)N=N)c(=O)oc2c1. The van der Waals surface area contributed by atoms with Gasteiger partial charge in [0, 0.05) is 68.4 Å². The van der Waals surface area contributed by atoms with Gasteiger partial charge in [0.1, 0.15) is 23.6 Å². The smallest absolute Gasteiger partial charge is 0.345 e. The maximum Gasteiger partial charge on any atom is 0.345 e. The van der Waals surface area contributed by atoms with Gasteiger partial charge >= 0.3 is 5.63 Å². The predicted octanol–water partition coefficient (Wildman–Crippen LogP) is 5.01. The van der Waals surface area contributed by atoms with E-state index in [1.54, 1.807) is 13.2 Å². The topological polar surface area (TPSA) is 150 Å². The number of nitrogens with one attached hydrogen (secondary N) is 2. The first kappa shape index (κ1) is 38.7. The van der Waals surface area contributed by atoms with Crippen molar-refractivity contribution in [2.45, 2.75) is 13.8 Å². The molecule has 0 bridgehead atoms. The zero-order chi connectivity index (χ0) is 35.4. The van der Waals surface area contributed by atoms with Gasteiger partial charge in [0.2, 0.25) is 0 Å². The molecule has 1 fully saturated rings. The van der Waals surface area contributed by atoms with Crippen molar-refractivity contribution >= 4 is 33.7 Å². The van der Waals surface area contributed by atoms with E-state index in [-0.39, 0.29) is 11.3 Å². The molecular formula is C36H51N5O9. The van der Waals surface area contributed by atoms with E-state index >= 15 is 0 Å². The summed E-state index contributed by atoms with van der Waals surface area (Å²) in [5.74, 6) is 0.618. The molecule has 50 heavy (non-hydrogen) atoms. The molecule has 4 rings (SSSR count). The second-order valence-corrected chi connectivity index (χ2v) is 11.2. The van der Waals surface area contributed by atoms with E-state index < -0.39 is 5.63 Å². The Labute approximate surface area is 293 Å². The van der Waals surface area contributed by atoms with Crippen LogP contribution in [0.3, 0.4) is 0 Å². The number of ether oxygens (including phenoxy) is 7. The summed E-state index contributed by atoms with van der Waals surface area (Å²) in [5.41, 5.74) is 10.5. The Morgan fingerprint density at radius 3 is 2.06 bits per heavy atom. The van der Waals surface area contributed by atoms with Crippen molar-refractivity contribution < 1.29 is 37.6 Å². The summed E-state index contributed by atoms with van der Waals surface area (Å²) in [6.07, 6.45) is 1.51. The van der Waals surface area contributed by atoms with Gasteiger partial charge in [0.05, 0.1) is 83.9 Å². The molecule has 3 aromatic rings. The number of methoxy groups -OCH3 is 1. The first-order valence-corrected chi connectivity index (χ1v) is 17.1. The van der Waals surface area contributed by atoms with Gasteiger partial charge < -0.3 is 52.7 Å². The van der Waals surface area contributed by atoms with Crippen LogP contribution in [0.15, 0.2) is 63.0 Å². The Kier molecular flexibility index (Phi) is 17.0. The van der Waals surface area contributed by atoms with Crippen LogP contribution in [0.25, 0.3) is 16.7 Å². The lowest BCUT2D eigenvalue weighted by molar-refractivity contribution is -0.0116. The van der Waals surface area contributed by atoms with Crippen LogP contribution in [0.1, 0.15) is 19.4 Å². The van der Waals surface area contributed by atoms with Crippen molar-refractivity contribution in [3.8, 4) is 5.75 Å². The van der Waals surface area contributed by atoms with Crippen LogP contribution in [0.4, 0.5) is 17.1 Å². The van der Waals surface area contributed by atoms with Crippen molar-refractivity contribution in [3.63, 3.8) is 0 Å². The third-order valence-electron chi connectivity index (χ3n) is 7.96. The van der Waals surface area contributed by atoms with Crippen molar-refractivity contribution in [1.82, 2.24) is 0 Å². The summed E-state index contributed by atoms with van der Waals surface area (Å²) in [6.45, 7) is 12.6. The summed E-state index contributed by atoms with van der Waals surface area (Å²) in [4.78, 5) is 17.4. The van der Waals surface area contributed by atoms with Gasteiger partial charge in [0.15, 0.2) is 0 Å².